The van der Waals surface area contributed by atoms with Crippen molar-refractivity contribution >= 4 is 17.3 Å². The lowest BCUT2D eigenvalue weighted by molar-refractivity contribution is -0.117. The van der Waals surface area contributed by atoms with Crippen molar-refractivity contribution in [2.24, 2.45) is 0 Å². The second-order valence-corrected chi connectivity index (χ2v) is 4.68. The topological polar surface area (TPSA) is 52.6 Å². The predicted octanol–water partition coefficient (Wildman–Crippen LogP) is 1.73. The van der Waals surface area contributed by atoms with E-state index in [0.717, 1.165) is 16.9 Å². The fraction of sp³-hybridized carbons (Fsp3) is 0.462. The fourth-order valence-corrected chi connectivity index (χ4v) is 2.30. The van der Waals surface area contributed by atoms with Crippen molar-refractivity contribution in [3.05, 3.63) is 23.8 Å². The molecule has 1 aliphatic rings. The minimum absolute atomic E-state index is 0.00119. The van der Waals surface area contributed by atoms with Crippen LogP contribution in [0.2, 0.25) is 0 Å². The summed E-state index contributed by atoms with van der Waals surface area (Å²) in [5.41, 5.74) is 2.61. The Bertz CT molecular complexity index is 443. The highest BCUT2D eigenvalue weighted by Crippen LogP contribution is 2.34. The third-order valence-corrected chi connectivity index (χ3v) is 3.13. The van der Waals surface area contributed by atoms with Crippen molar-refractivity contribution in [3.63, 3.8) is 0 Å². The average Bonchev–Trinajstić information content (AvgIpc) is 2.29. The van der Waals surface area contributed by atoms with Crippen molar-refractivity contribution in [1.29, 1.82) is 0 Å². The normalized spacial score (nSPS) is 19.2. The van der Waals surface area contributed by atoms with E-state index in [1.165, 1.54) is 0 Å². The Morgan fingerprint density at radius 3 is 2.76 bits per heavy atom. The standard InChI is InChI=1S/C13H18N2O2/c1-8(2)15-9(3)13(17)14-11-6-10(7-16)4-5-12(11)15/h4-6,8-9,16H,7H2,1-3H3,(H,14,17). The number of nitrogens with one attached hydrogen (secondary N) is 1. The summed E-state index contributed by atoms with van der Waals surface area (Å²) >= 11 is 0. The number of hydrogen-bond acceptors (Lipinski definition) is 3. The maximum Gasteiger partial charge on any atom is 0.246 e. The molecule has 2 N–H and O–H groups in total. The van der Waals surface area contributed by atoms with E-state index in [0.29, 0.717) is 0 Å². The minimum Gasteiger partial charge on any atom is -0.392 e. The van der Waals surface area contributed by atoms with Crippen LogP contribution >= 0.6 is 0 Å². The van der Waals surface area contributed by atoms with Gasteiger partial charge in [0.25, 0.3) is 0 Å². The fourth-order valence-electron chi connectivity index (χ4n) is 2.30. The Morgan fingerprint density at radius 2 is 2.18 bits per heavy atom. The van der Waals surface area contributed by atoms with Gasteiger partial charge in [0.05, 0.1) is 18.0 Å². The number of aliphatic hydroxyl groups excluding tert-OH is 1. The number of nitrogens with zero attached hydrogens (tertiary/aromatic N) is 1. The molecule has 0 aliphatic carbocycles. The van der Waals surface area contributed by atoms with Gasteiger partial charge in [0.2, 0.25) is 5.91 Å². The van der Waals surface area contributed by atoms with Gasteiger partial charge in [0, 0.05) is 6.04 Å². The van der Waals surface area contributed by atoms with Crippen LogP contribution in [0.4, 0.5) is 11.4 Å². The minimum atomic E-state index is -0.164. The third-order valence-electron chi connectivity index (χ3n) is 3.13. The lowest BCUT2D eigenvalue weighted by atomic mass is 10.0. The van der Waals surface area contributed by atoms with E-state index < -0.39 is 0 Å². The van der Waals surface area contributed by atoms with E-state index in [1.54, 1.807) is 0 Å². The van der Waals surface area contributed by atoms with Crippen LogP contribution in [0.3, 0.4) is 0 Å². The van der Waals surface area contributed by atoms with Crippen LogP contribution in [0.1, 0.15) is 26.3 Å². The Kier molecular flexibility index (Phi) is 3.07. The molecule has 1 atom stereocenters. The third kappa shape index (κ3) is 2.00. The van der Waals surface area contributed by atoms with Crippen molar-refractivity contribution in [2.45, 2.75) is 39.5 Å². The zero-order chi connectivity index (χ0) is 12.6. The quantitative estimate of drug-likeness (QED) is 0.819. The van der Waals surface area contributed by atoms with Crippen LogP contribution in [-0.2, 0) is 11.4 Å². The number of benzene rings is 1. The molecule has 4 heteroatoms. The zero-order valence-electron chi connectivity index (χ0n) is 10.4. The first-order valence-corrected chi connectivity index (χ1v) is 5.87. The number of amides is 1. The van der Waals surface area contributed by atoms with Crippen molar-refractivity contribution in [1.82, 2.24) is 0 Å². The largest absolute Gasteiger partial charge is 0.392 e. The second kappa shape index (κ2) is 4.37. The van der Waals surface area contributed by atoms with Gasteiger partial charge in [-0.3, -0.25) is 4.79 Å². The lowest BCUT2D eigenvalue weighted by Gasteiger charge is -2.39. The van der Waals surface area contributed by atoms with Gasteiger partial charge in [-0.25, -0.2) is 0 Å². The van der Waals surface area contributed by atoms with Gasteiger partial charge in [0.1, 0.15) is 6.04 Å². The van der Waals surface area contributed by atoms with E-state index >= 15 is 0 Å². The average molecular weight is 234 g/mol. The summed E-state index contributed by atoms with van der Waals surface area (Å²) in [6.07, 6.45) is 0. The molecule has 0 bridgehead atoms. The van der Waals surface area contributed by atoms with E-state index in [1.807, 2.05) is 25.1 Å². The molecule has 1 amide bonds. The summed E-state index contributed by atoms with van der Waals surface area (Å²) in [5, 5.41) is 12.0. The Balaban J connectivity index is 2.49. The molecule has 1 aliphatic heterocycles. The van der Waals surface area contributed by atoms with Crippen LogP contribution in [0.5, 0.6) is 0 Å². The van der Waals surface area contributed by atoms with Crippen molar-refractivity contribution in [2.75, 3.05) is 10.2 Å². The molecule has 1 aromatic carbocycles. The van der Waals surface area contributed by atoms with Gasteiger partial charge in [-0.15, -0.1) is 0 Å². The number of hydrogen-bond donors (Lipinski definition) is 2. The van der Waals surface area contributed by atoms with E-state index in [2.05, 4.69) is 24.1 Å². The molecule has 2 rings (SSSR count). The predicted molar refractivity (Wildman–Crippen MR) is 68.1 cm³/mol. The van der Waals surface area contributed by atoms with Gasteiger partial charge in [-0.1, -0.05) is 6.07 Å². The SMILES string of the molecule is CC(C)N1c2ccc(CO)cc2NC(=O)C1C. The summed E-state index contributed by atoms with van der Waals surface area (Å²) in [4.78, 5) is 13.9. The van der Waals surface area contributed by atoms with Gasteiger partial charge >= 0.3 is 0 Å². The van der Waals surface area contributed by atoms with Crippen molar-refractivity contribution < 1.29 is 9.90 Å². The number of rotatable bonds is 2. The molecule has 1 aromatic rings. The lowest BCUT2D eigenvalue weighted by Crippen LogP contribution is -2.49. The number of aliphatic hydroxyl groups is 1. The first kappa shape index (κ1) is 11.9. The zero-order valence-corrected chi connectivity index (χ0v) is 10.4. The molecule has 0 saturated carbocycles. The van der Waals surface area contributed by atoms with Crippen LogP contribution < -0.4 is 10.2 Å². The number of fused-ring (bicyclic) bond motifs is 1. The van der Waals surface area contributed by atoms with Crippen molar-refractivity contribution in [3.8, 4) is 0 Å². The van der Waals surface area contributed by atoms with Crippen LogP contribution in [0.15, 0.2) is 18.2 Å². The Labute approximate surface area is 101 Å². The molecule has 0 radical (unpaired) electrons. The van der Waals surface area contributed by atoms with Crippen LogP contribution in [0, 0.1) is 0 Å². The highest BCUT2D eigenvalue weighted by molar-refractivity contribution is 6.03. The summed E-state index contributed by atoms with van der Waals surface area (Å²) in [7, 11) is 0. The molecule has 0 saturated heterocycles. The molecular formula is C13H18N2O2. The molecule has 4 nitrogen and oxygen atoms in total. The summed E-state index contributed by atoms with van der Waals surface area (Å²) in [5.74, 6) is 0.00119. The van der Waals surface area contributed by atoms with Gasteiger partial charge in [0.15, 0.2) is 0 Å². The van der Waals surface area contributed by atoms with E-state index in [4.69, 9.17) is 5.11 Å². The molecule has 1 unspecified atom stereocenters. The maximum atomic E-state index is 11.9. The first-order valence-electron chi connectivity index (χ1n) is 5.87. The Hall–Kier alpha value is -1.55. The van der Waals surface area contributed by atoms with Crippen LogP contribution in [0.25, 0.3) is 0 Å². The first-order chi connectivity index (χ1) is 8.04. The highest BCUT2D eigenvalue weighted by atomic mass is 16.3. The molecular weight excluding hydrogens is 216 g/mol. The number of carbonyl (C=O) groups excluding carboxylic acids is 1. The number of anilines is 2. The molecule has 1 heterocycles. The van der Waals surface area contributed by atoms with E-state index in [-0.39, 0.29) is 24.6 Å². The molecule has 92 valence electrons. The molecule has 17 heavy (non-hydrogen) atoms. The number of carbonyl (C=O) groups is 1. The molecule has 0 spiro atoms. The van der Waals surface area contributed by atoms with Gasteiger partial charge in [-0.2, -0.15) is 0 Å². The molecule has 0 aromatic heterocycles. The smallest absolute Gasteiger partial charge is 0.246 e. The Morgan fingerprint density at radius 1 is 1.47 bits per heavy atom. The van der Waals surface area contributed by atoms with Gasteiger partial charge < -0.3 is 15.3 Å². The van der Waals surface area contributed by atoms with Gasteiger partial charge in [-0.05, 0) is 38.5 Å². The van der Waals surface area contributed by atoms with Crippen LogP contribution in [-0.4, -0.2) is 23.1 Å². The van der Waals surface area contributed by atoms with E-state index in [9.17, 15) is 4.79 Å². The highest BCUT2D eigenvalue weighted by Gasteiger charge is 2.30. The summed E-state index contributed by atoms with van der Waals surface area (Å²) in [6, 6.07) is 5.77. The maximum absolute atomic E-state index is 11.9. The summed E-state index contributed by atoms with van der Waals surface area (Å²) in [6.45, 7) is 6.02. The second-order valence-electron chi connectivity index (χ2n) is 4.68. The summed E-state index contributed by atoms with van der Waals surface area (Å²) < 4.78 is 0. The monoisotopic (exact) mass is 234 g/mol. The molecule has 0 fully saturated rings.